The van der Waals surface area contributed by atoms with Gasteiger partial charge in [0.15, 0.2) is 0 Å². The molecule has 142 valence electrons. The van der Waals surface area contributed by atoms with Gasteiger partial charge in [-0.05, 0) is 24.5 Å². The van der Waals surface area contributed by atoms with Crippen LogP contribution in [0.25, 0.3) is 11.0 Å². The van der Waals surface area contributed by atoms with E-state index >= 15 is 0 Å². The van der Waals surface area contributed by atoms with Crippen LogP contribution in [-0.2, 0) is 6.54 Å². The Bertz CT molecular complexity index is 908. The number of fused-ring (bicyclic) bond motifs is 1. The Labute approximate surface area is 162 Å². The maximum Gasteiger partial charge on any atom is 0.317 e. The monoisotopic (exact) mass is 384 g/mol. The van der Waals surface area contributed by atoms with Gasteiger partial charge in [-0.25, -0.2) is 14.8 Å². The number of H-pyrrole nitrogens is 1. The minimum atomic E-state index is -0.0166. The van der Waals surface area contributed by atoms with Crippen LogP contribution in [0, 0.1) is 5.92 Å². The molecule has 3 aromatic heterocycles. The predicted molar refractivity (Wildman–Crippen MR) is 108 cm³/mol. The first kappa shape index (κ1) is 17.8. The molecular formula is C19H24N6OS. The molecule has 4 rings (SSSR count). The first-order valence-electron chi connectivity index (χ1n) is 9.19. The van der Waals surface area contributed by atoms with Gasteiger partial charge in [-0.2, -0.15) is 0 Å². The Balaban J connectivity index is 1.47. The molecular weight excluding hydrogens is 360 g/mol. The summed E-state index contributed by atoms with van der Waals surface area (Å²) >= 11 is 1.56. The van der Waals surface area contributed by atoms with Gasteiger partial charge < -0.3 is 20.1 Å². The van der Waals surface area contributed by atoms with Crippen molar-refractivity contribution in [2.24, 2.45) is 5.92 Å². The van der Waals surface area contributed by atoms with Crippen molar-refractivity contribution in [3.63, 3.8) is 0 Å². The fourth-order valence-corrected chi connectivity index (χ4v) is 4.33. The summed E-state index contributed by atoms with van der Waals surface area (Å²) in [5, 5.41) is 6.95. The number of urea groups is 1. The lowest BCUT2D eigenvalue weighted by atomic mass is 9.92. The quantitative estimate of drug-likeness (QED) is 0.725. The molecule has 1 aliphatic rings. The highest BCUT2D eigenvalue weighted by molar-refractivity contribution is 7.09. The molecule has 2 amide bonds. The number of nitrogens with one attached hydrogen (secondary N) is 2. The molecule has 1 fully saturated rings. The first-order valence-corrected chi connectivity index (χ1v) is 10.1. The van der Waals surface area contributed by atoms with Crippen molar-refractivity contribution < 1.29 is 4.79 Å². The second kappa shape index (κ2) is 7.56. The summed E-state index contributed by atoms with van der Waals surface area (Å²) in [4.78, 5) is 28.6. The molecule has 7 nitrogen and oxygen atoms in total. The van der Waals surface area contributed by atoms with Crippen molar-refractivity contribution in [2.75, 3.05) is 25.0 Å². The number of thiazole rings is 1. The van der Waals surface area contributed by atoms with Gasteiger partial charge in [-0.15, -0.1) is 11.3 Å². The van der Waals surface area contributed by atoms with E-state index in [2.05, 4.69) is 45.2 Å². The summed E-state index contributed by atoms with van der Waals surface area (Å²) in [6, 6.07) is 4.34. The lowest BCUT2D eigenvalue weighted by molar-refractivity contribution is 0.161. The zero-order valence-corrected chi connectivity index (χ0v) is 16.4. The van der Waals surface area contributed by atoms with Gasteiger partial charge in [0.05, 0.1) is 6.54 Å². The number of carbonyl (C=O) groups is 1. The van der Waals surface area contributed by atoms with Crippen molar-refractivity contribution in [1.82, 2.24) is 25.2 Å². The largest absolute Gasteiger partial charge is 0.369 e. The molecule has 0 radical (unpaired) electrons. The first-order chi connectivity index (χ1) is 13.1. The smallest absolute Gasteiger partial charge is 0.317 e. The third kappa shape index (κ3) is 3.62. The van der Waals surface area contributed by atoms with Crippen LogP contribution in [0.3, 0.4) is 0 Å². The highest BCUT2D eigenvalue weighted by Crippen LogP contribution is 2.30. The topological polar surface area (TPSA) is 77.2 Å². The number of rotatable bonds is 4. The van der Waals surface area contributed by atoms with E-state index in [1.165, 1.54) is 0 Å². The van der Waals surface area contributed by atoms with Gasteiger partial charge in [-0.1, -0.05) is 6.92 Å². The number of aromatic amines is 1. The Kier molecular flexibility index (Phi) is 4.98. The van der Waals surface area contributed by atoms with Gasteiger partial charge >= 0.3 is 6.03 Å². The zero-order chi connectivity index (χ0) is 18.8. The number of aromatic nitrogens is 3. The van der Waals surface area contributed by atoms with E-state index in [1.54, 1.807) is 17.5 Å². The average molecular weight is 385 g/mol. The minimum absolute atomic E-state index is 0.0166. The SMILES string of the molecule is C[C@@H]1CCN(C(=O)NCc2nccs2)C[C@@H]1N(C)c1ccnc2[nH]ccc12. The summed E-state index contributed by atoms with van der Waals surface area (Å²) < 4.78 is 0. The predicted octanol–water partition coefficient (Wildman–Crippen LogP) is 3.08. The number of likely N-dealkylation sites (N-methyl/N-ethyl adjacent to an activating group) is 1. The van der Waals surface area contributed by atoms with Gasteiger partial charge in [0.1, 0.15) is 10.7 Å². The maximum absolute atomic E-state index is 12.6. The second-order valence-corrected chi connectivity index (χ2v) is 8.02. The van der Waals surface area contributed by atoms with Gasteiger partial charge in [0.2, 0.25) is 0 Å². The third-order valence-electron chi connectivity index (χ3n) is 5.39. The van der Waals surface area contributed by atoms with Crippen molar-refractivity contribution in [3.05, 3.63) is 41.1 Å². The number of hydrogen-bond acceptors (Lipinski definition) is 5. The lowest BCUT2D eigenvalue weighted by Gasteiger charge is -2.42. The highest BCUT2D eigenvalue weighted by Gasteiger charge is 2.32. The van der Waals surface area contributed by atoms with Crippen LogP contribution in [0.4, 0.5) is 10.5 Å². The number of likely N-dealkylation sites (tertiary alicyclic amines) is 1. The molecule has 3 aromatic rings. The lowest BCUT2D eigenvalue weighted by Crippen LogP contribution is -2.54. The van der Waals surface area contributed by atoms with Crippen LogP contribution in [0.15, 0.2) is 36.1 Å². The van der Waals surface area contributed by atoms with E-state index in [0.717, 1.165) is 34.7 Å². The second-order valence-electron chi connectivity index (χ2n) is 7.04. The van der Waals surface area contributed by atoms with E-state index in [0.29, 0.717) is 19.0 Å². The molecule has 0 saturated carbocycles. The van der Waals surface area contributed by atoms with E-state index in [-0.39, 0.29) is 12.1 Å². The molecule has 1 aliphatic heterocycles. The molecule has 1 saturated heterocycles. The number of hydrogen-bond donors (Lipinski definition) is 2. The number of anilines is 1. The Hall–Kier alpha value is -2.61. The number of carbonyl (C=O) groups excluding carboxylic acids is 1. The summed E-state index contributed by atoms with van der Waals surface area (Å²) in [7, 11) is 2.11. The van der Waals surface area contributed by atoms with Crippen molar-refractivity contribution in [2.45, 2.75) is 25.9 Å². The maximum atomic E-state index is 12.6. The molecule has 0 spiro atoms. The standard InChI is InChI=1S/C19H24N6OS/c1-13-5-9-25(19(26)23-11-17-20-8-10-27-17)12-16(13)24(2)15-4-7-22-18-14(15)3-6-21-18/h3-4,6-8,10,13,16H,5,9,11-12H2,1-2H3,(H,21,22)(H,23,26)/t13-,16+/m1/s1. The average Bonchev–Trinajstić information content (AvgIpc) is 3.37. The molecule has 0 aliphatic carbocycles. The minimum Gasteiger partial charge on any atom is -0.369 e. The fourth-order valence-electron chi connectivity index (χ4n) is 3.77. The van der Waals surface area contributed by atoms with E-state index < -0.39 is 0 Å². The number of amides is 2. The van der Waals surface area contributed by atoms with Crippen molar-refractivity contribution in [1.29, 1.82) is 0 Å². The molecule has 0 bridgehead atoms. The molecule has 4 heterocycles. The van der Waals surface area contributed by atoms with Gasteiger partial charge in [0, 0.05) is 61.2 Å². The van der Waals surface area contributed by atoms with Crippen LogP contribution in [0.1, 0.15) is 18.4 Å². The third-order valence-corrected chi connectivity index (χ3v) is 6.17. The van der Waals surface area contributed by atoms with Gasteiger partial charge in [0.25, 0.3) is 0 Å². The molecule has 2 N–H and O–H groups in total. The number of piperidine rings is 1. The summed E-state index contributed by atoms with van der Waals surface area (Å²) in [6.45, 7) is 4.24. The summed E-state index contributed by atoms with van der Waals surface area (Å²) in [5.74, 6) is 0.500. The Morgan fingerprint density at radius 1 is 1.41 bits per heavy atom. The van der Waals surface area contributed by atoms with Crippen LogP contribution >= 0.6 is 11.3 Å². The fraction of sp³-hybridized carbons (Fsp3) is 0.421. The Morgan fingerprint density at radius 2 is 2.30 bits per heavy atom. The molecule has 27 heavy (non-hydrogen) atoms. The molecule has 0 unspecified atom stereocenters. The molecule has 0 aromatic carbocycles. The van der Waals surface area contributed by atoms with Crippen LogP contribution in [0.2, 0.25) is 0 Å². The highest BCUT2D eigenvalue weighted by atomic mass is 32.1. The summed E-state index contributed by atoms with van der Waals surface area (Å²) in [5.41, 5.74) is 2.03. The number of nitrogens with zero attached hydrogens (tertiary/aromatic N) is 4. The van der Waals surface area contributed by atoms with E-state index in [9.17, 15) is 4.79 Å². The zero-order valence-electron chi connectivity index (χ0n) is 15.6. The Morgan fingerprint density at radius 3 is 3.11 bits per heavy atom. The summed E-state index contributed by atoms with van der Waals surface area (Å²) in [6.07, 6.45) is 6.49. The molecule has 8 heteroatoms. The van der Waals surface area contributed by atoms with Gasteiger partial charge in [-0.3, -0.25) is 0 Å². The number of pyridine rings is 1. The van der Waals surface area contributed by atoms with Crippen molar-refractivity contribution >= 4 is 34.1 Å². The van der Waals surface area contributed by atoms with E-state index in [1.807, 2.05) is 28.7 Å². The van der Waals surface area contributed by atoms with Crippen LogP contribution < -0.4 is 10.2 Å². The van der Waals surface area contributed by atoms with Crippen molar-refractivity contribution in [3.8, 4) is 0 Å². The van der Waals surface area contributed by atoms with Crippen LogP contribution in [-0.4, -0.2) is 52.1 Å². The van der Waals surface area contributed by atoms with Crippen LogP contribution in [0.5, 0.6) is 0 Å². The van der Waals surface area contributed by atoms with E-state index in [4.69, 9.17) is 0 Å². The molecule has 2 atom stereocenters. The normalized spacial score (nSPS) is 20.0.